The maximum absolute atomic E-state index is 12.6. The van der Waals surface area contributed by atoms with Crippen molar-refractivity contribution in [2.75, 3.05) is 13.1 Å². The molecule has 3 aromatic rings. The lowest BCUT2D eigenvalue weighted by Crippen LogP contribution is -2.40. The molecule has 0 spiro atoms. The quantitative estimate of drug-likeness (QED) is 0.689. The van der Waals surface area contributed by atoms with Gasteiger partial charge < -0.3 is 9.47 Å². The molecule has 4 rings (SSSR count). The van der Waals surface area contributed by atoms with Crippen molar-refractivity contribution >= 4 is 17.2 Å². The zero-order valence-corrected chi connectivity index (χ0v) is 15.6. The highest BCUT2D eigenvalue weighted by Gasteiger charge is 2.28. The third-order valence-corrected chi connectivity index (χ3v) is 5.67. The number of amides is 1. The number of carbonyl (C=O) groups is 1. The van der Waals surface area contributed by atoms with Crippen molar-refractivity contribution in [1.82, 2.24) is 29.4 Å². The number of piperidine rings is 1. The molecular formula is C18H22N6OS. The van der Waals surface area contributed by atoms with Crippen molar-refractivity contribution in [3.63, 3.8) is 0 Å². The second-order valence-corrected chi connectivity index (χ2v) is 7.50. The summed E-state index contributed by atoms with van der Waals surface area (Å²) in [6, 6.07) is 3.92. The summed E-state index contributed by atoms with van der Waals surface area (Å²) in [7, 11) is 2.00. The molecule has 4 heterocycles. The van der Waals surface area contributed by atoms with Gasteiger partial charge in [0.15, 0.2) is 5.82 Å². The van der Waals surface area contributed by atoms with Crippen LogP contribution in [0.3, 0.4) is 0 Å². The zero-order chi connectivity index (χ0) is 17.9. The minimum atomic E-state index is 0.201. The first-order chi connectivity index (χ1) is 12.7. The minimum Gasteiger partial charge on any atom is -0.342 e. The Kier molecular flexibility index (Phi) is 4.83. The standard InChI is InChI=1S/C18H22N6OS/c1-22-16(12-24-8-3-6-19-24)20-21-18(22)15-4-2-7-23(11-15)17(25)10-14-5-9-26-13-14/h3,5-6,8-9,13,15H,2,4,7,10-12H2,1H3. The second-order valence-electron chi connectivity index (χ2n) is 6.72. The predicted octanol–water partition coefficient (Wildman–Crippen LogP) is 2.07. The van der Waals surface area contributed by atoms with Crippen LogP contribution in [-0.4, -0.2) is 48.4 Å². The molecule has 0 bridgehead atoms. The number of rotatable bonds is 5. The van der Waals surface area contributed by atoms with Gasteiger partial charge in [-0.1, -0.05) is 0 Å². The Balaban J connectivity index is 1.44. The van der Waals surface area contributed by atoms with Gasteiger partial charge in [-0.25, -0.2) is 0 Å². The molecule has 1 fully saturated rings. The molecule has 1 aliphatic heterocycles. The molecule has 26 heavy (non-hydrogen) atoms. The van der Waals surface area contributed by atoms with Crippen LogP contribution in [-0.2, 0) is 24.8 Å². The van der Waals surface area contributed by atoms with E-state index in [9.17, 15) is 4.79 Å². The molecule has 1 amide bonds. The van der Waals surface area contributed by atoms with Crippen molar-refractivity contribution in [2.24, 2.45) is 7.05 Å². The lowest BCUT2D eigenvalue weighted by molar-refractivity contribution is -0.131. The van der Waals surface area contributed by atoms with E-state index < -0.39 is 0 Å². The summed E-state index contributed by atoms with van der Waals surface area (Å²) in [6.45, 7) is 2.15. The van der Waals surface area contributed by atoms with Gasteiger partial charge in [0.05, 0.1) is 6.42 Å². The monoisotopic (exact) mass is 370 g/mol. The van der Waals surface area contributed by atoms with E-state index in [4.69, 9.17) is 0 Å². The average molecular weight is 370 g/mol. The maximum atomic E-state index is 12.6. The van der Waals surface area contributed by atoms with Crippen LogP contribution < -0.4 is 0 Å². The van der Waals surface area contributed by atoms with Crippen LogP contribution in [0.25, 0.3) is 0 Å². The molecule has 1 aliphatic rings. The highest BCUT2D eigenvalue weighted by atomic mass is 32.1. The average Bonchev–Trinajstić information content (AvgIpc) is 3.40. The number of hydrogen-bond donors (Lipinski definition) is 0. The van der Waals surface area contributed by atoms with Gasteiger partial charge in [0.1, 0.15) is 12.4 Å². The third kappa shape index (κ3) is 3.55. The normalized spacial score (nSPS) is 17.6. The first-order valence-electron chi connectivity index (χ1n) is 8.85. The number of nitrogens with zero attached hydrogens (tertiary/aromatic N) is 6. The maximum Gasteiger partial charge on any atom is 0.227 e. The molecule has 8 heteroatoms. The SMILES string of the molecule is Cn1c(Cn2cccn2)nnc1C1CCCN(C(=O)Cc2ccsc2)C1. The summed E-state index contributed by atoms with van der Waals surface area (Å²) in [4.78, 5) is 14.6. The Labute approximate surface area is 156 Å². The Morgan fingerprint density at radius 2 is 2.31 bits per heavy atom. The van der Waals surface area contributed by atoms with Crippen molar-refractivity contribution < 1.29 is 4.79 Å². The largest absolute Gasteiger partial charge is 0.342 e. The molecule has 0 aliphatic carbocycles. The van der Waals surface area contributed by atoms with Crippen LogP contribution in [0.5, 0.6) is 0 Å². The van der Waals surface area contributed by atoms with Crippen molar-refractivity contribution in [3.8, 4) is 0 Å². The third-order valence-electron chi connectivity index (χ3n) is 4.94. The molecular weight excluding hydrogens is 348 g/mol. The van der Waals surface area contributed by atoms with Gasteiger partial charge in [0, 0.05) is 38.4 Å². The number of thiophene rings is 1. The Hall–Kier alpha value is -2.48. The molecule has 1 atom stereocenters. The molecule has 3 aromatic heterocycles. The molecule has 0 saturated carbocycles. The van der Waals surface area contributed by atoms with Gasteiger partial charge >= 0.3 is 0 Å². The molecule has 0 aromatic carbocycles. The van der Waals surface area contributed by atoms with Crippen molar-refractivity contribution in [3.05, 3.63) is 52.5 Å². The Bertz CT molecular complexity index is 855. The summed E-state index contributed by atoms with van der Waals surface area (Å²) >= 11 is 1.63. The van der Waals surface area contributed by atoms with E-state index in [0.717, 1.165) is 43.1 Å². The molecule has 0 radical (unpaired) electrons. The minimum absolute atomic E-state index is 0.201. The fourth-order valence-corrected chi connectivity index (χ4v) is 4.17. The van der Waals surface area contributed by atoms with E-state index in [0.29, 0.717) is 13.0 Å². The predicted molar refractivity (Wildman–Crippen MR) is 98.9 cm³/mol. The number of carbonyl (C=O) groups excluding carboxylic acids is 1. The first-order valence-corrected chi connectivity index (χ1v) is 9.79. The molecule has 1 unspecified atom stereocenters. The van der Waals surface area contributed by atoms with Crippen LogP contribution in [0.15, 0.2) is 35.3 Å². The number of likely N-dealkylation sites (tertiary alicyclic amines) is 1. The van der Waals surface area contributed by atoms with Gasteiger partial charge in [0.2, 0.25) is 5.91 Å². The second kappa shape index (κ2) is 7.41. The van der Waals surface area contributed by atoms with E-state index in [1.165, 1.54) is 0 Å². The van der Waals surface area contributed by atoms with Gasteiger partial charge in [-0.05, 0) is 41.3 Å². The first kappa shape index (κ1) is 17.0. The lowest BCUT2D eigenvalue weighted by atomic mass is 9.96. The van der Waals surface area contributed by atoms with E-state index in [2.05, 4.69) is 19.9 Å². The van der Waals surface area contributed by atoms with Crippen LogP contribution >= 0.6 is 11.3 Å². The molecule has 136 valence electrons. The fourth-order valence-electron chi connectivity index (χ4n) is 3.50. The fraction of sp³-hybridized carbons (Fsp3) is 0.444. The zero-order valence-electron chi connectivity index (χ0n) is 14.8. The molecule has 7 nitrogen and oxygen atoms in total. The number of aromatic nitrogens is 5. The topological polar surface area (TPSA) is 68.8 Å². The summed E-state index contributed by atoms with van der Waals surface area (Å²) in [5, 5.41) is 17.1. The summed E-state index contributed by atoms with van der Waals surface area (Å²) in [5.41, 5.74) is 1.10. The van der Waals surface area contributed by atoms with Crippen LogP contribution in [0, 0.1) is 0 Å². The van der Waals surface area contributed by atoms with Crippen molar-refractivity contribution in [1.29, 1.82) is 0 Å². The van der Waals surface area contributed by atoms with E-state index in [1.807, 2.05) is 45.7 Å². The van der Waals surface area contributed by atoms with E-state index in [-0.39, 0.29) is 11.8 Å². The van der Waals surface area contributed by atoms with Crippen LogP contribution in [0.2, 0.25) is 0 Å². The van der Waals surface area contributed by atoms with Crippen LogP contribution in [0.1, 0.15) is 36.0 Å². The highest BCUT2D eigenvalue weighted by molar-refractivity contribution is 7.08. The van der Waals surface area contributed by atoms with Gasteiger partial charge in [-0.2, -0.15) is 16.4 Å². The Morgan fingerprint density at radius 1 is 1.38 bits per heavy atom. The smallest absolute Gasteiger partial charge is 0.227 e. The lowest BCUT2D eigenvalue weighted by Gasteiger charge is -2.32. The number of hydrogen-bond acceptors (Lipinski definition) is 5. The van der Waals surface area contributed by atoms with E-state index >= 15 is 0 Å². The van der Waals surface area contributed by atoms with Gasteiger partial charge in [0.25, 0.3) is 0 Å². The van der Waals surface area contributed by atoms with Crippen molar-refractivity contribution in [2.45, 2.75) is 31.7 Å². The van der Waals surface area contributed by atoms with Crippen LogP contribution in [0.4, 0.5) is 0 Å². The molecule has 1 saturated heterocycles. The van der Waals surface area contributed by atoms with Gasteiger partial charge in [-0.3, -0.25) is 9.48 Å². The summed E-state index contributed by atoms with van der Waals surface area (Å²) in [5.74, 6) is 2.27. The highest BCUT2D eigenvalue weighted by Crippen LogP contribution is 2.26. The van der Waals surface area contributed by atoms with E-state index in [1.54, 1.807) is 17.5 Å². The molecule has 0 N–H and O–H groups in total. The summed E-state index contributed by atoms with van der Waals surface area (Å²) < 4.78 is 3.89. The Morgan fingerprint density at radius 3 is 3.08 bits per heavy atom. The summed E-state index contributed by atoms with van der Waals surface area (Å²) in [6.07, 6.45) is 6.20. The van der Waals surface area contributed by atoms with Gasteiger partial charge in [-0.15, -0.1) is 10.2 Å².